The Morgan fingerprint density at radius 3 is 2.29 bits per heavy atom. The molecular formula is C15H23NO. The van der Waals surface area contributed by atoms with Gasteiger partial charge in [-0.3, -0.25) is 4.79 Å². The average Bonchev–Trinajstić information content (AvgIpc) is 2.36. The van der Waals surface area contributed by atoms with Crippen LogP contribution in [0.5, 0.6) is 0 Å². The zero-order valence-electron chi connectivity index (χ0n) is 11.1. The number of amides is 1. The van der Waals surface area contributed by atoms with E-state index >= 15 is 0 Å². The van der Waals surface area contributed by atoms with Crippen LogP contribution in [0.3, 0.4) is 0 Å². The molecular weight excluding hydrogens is 210 g/mol. The second-order valence-electron chi connectivity index (χ2n) is 4.55. The van der Waals surface area contributed by atoms with Crippen molar-refractivity contribution in [3.8, 4) is 0 Å². The molecule has 1 N–H and O–H groups in total. The highest BCUT2D eigenvalue weighted by Gasteiger charge is 2.05. The fourth-order valence-electron chi connectivity index (χ4n) is 1.65. The molecule has 0 spiro atoms. The van der Waals surface area contributed by atoms with Gasteiger partial charge in [-0.1, -0.05) is 38.1 Å². The zero-order chi connectivity index (χ0) is 12.7. The summed E-state index contributed by atoms with van der Waals surface area (Å²) in [6, 6.07) is 8.80. The average molecular weight is 233 g/mol. The van der Waals surface area contributed by atoms with Crippen molar-refractivity contribution in [1.82, 2.24) is 5.32 Å². The Kier molecular flexibility index (Phi) is 5.75. The molecule has 1 aromatic rings. The molecule has 0 saturated heterocycles. The smallest absolute Gasteiger partial charge is 0.220 e. The Labute approximate surface area is 104 Å². The van der Waals surface area contributed by atoms with Gasteiger partial charge in [-0.2, -0.15) is 0 Å². The molecule has 1 rings (SSSR count). The van der Waals surface area contributed by atoms with E-state index in [-0.39, 0.29) is 11.9 Å². The van der Waals surface area contributed by atoms with Gasteiger partial charge in [0.1, 0.15) is 0 Å². The first-order valence-electron chi connectivity index (χ1n) is 6.52. The second-order valence-corrected chi connectivity index (χ2v) is 4.55. The highest BCUT2D eigenvalue weighted by molar-refractivity contribution is 5.76. The predicted molar refractivity (Wildman–Crippen MR) is 72.0 cm³/mol. The standard InChI is InChI=1S/C15H23NO/c1-4-12(3)16-15(17)11-10-14-8-6-13(5-2)7-9-14/h6-9,12H,4-5,10-11H2,1-3H3,(H,16,17)/t12-/m0/s1. The van der Waals surface area contributed by atoms with Gasteiger partial charge in [0.15, 0.2) is 0 Å². The first-order valence-corrected chi connectivity index (χ1v) is 6.52. The van der Waals surface area contributed by atoms with E-state index in [2.05, 4.69) is 43.4 Å². The number of benzene rings is 1. The van der Waals surface area contributed by atoms with Crippen molar-refractivity contribution in [3.63, 3.8) is 0 Å². The summed E-state index contributed by atoms with van der Waals surface area (Å²) in [5.41, 5.74) is 2.58. The van der Waals surface area contributed by atoms with E-state index in [1.807, 2.05) is 6.92 Å². The molecule has 2 heteroatoms. The Hall–Kier alpha value is -1.31. The second kappa shape index (κ2) is 7.10. The topological polar surface area (TPSA) is 29.1 Å². The Balaban J connectivity index is 2.36. The number of nitrogens with one attached hydrogen (secondary N) is 1. The van der Waals surface area contributed by atoms with Crippen LogP contribution < -0.4 is 5.32 Å². The highest BCUT2D eigenvalue weighted by Crippen LogP contribution is 2.07. The van der Waals surface area contributed by atoms with Gasteiger partial charge in [-0.25, -0.2) is 0 Å². The zero-order valence-corrected chi connectivity index (χ0v) is 11.1. The molecule has 1 amide bonds. The van der Waals surface area contributed by atoms with E-state index in [0.29, 0.717) is 6.42 Å². The van der Waals surface area contributed by atoms with Crippen molar-refractivity contribution in [2.75, 3.05) is 0 Å². The lowest BCUT2D eigenvalue weighted by atomic mass is 10.1. The number of hydrogen-bond acceptors (Lipinski definition) is 1. The monoisotopic (exact) mass is 233 g/mol. The maximum atomic E-state index is 11.6. The van der Waals surface area contributed by atoms with Gasteiger partial charge in [0.25, 0.3) is 0 Å². The number of hydrogen-bond donors (Lipinski definition) is 1. The van der Waals surface area contributed by atoms with Gasteiger partial charge in [-0.15, -0.1) is 0 Å². The van der Waals surface area contributed by atoms with Gasteiger partial charge < -0.3 is 5.32 Å². The fourth-order valence-corrected chi connectivity index (χ4v) is 1.65. The molecule has 0 aliphatic carbocycles. The van der Waals surface area contributed by atoms with Gasteiger partial charge in [0, 0.05) is 12.5 Å². The quantitative estimate of drug-likeness (QED) is 0.803. The highest BCUT2D eigenvalue weighted by atomic mass is 16.1. The third-order valence-corrected chi connectivity index (χ3v) is 3.09. The number of rotatable bonds is 6. The van der Waals surface area contributed by atoms with Crippen LogP contribution in [-0.2, 0) is 17.6 Å². The van der Waals surface area contributed by atoms with Crippen LogP contribution in [0.2, 0.25) is 0 Å². The largest absolute Gasteiger partial charge is 0.354 e. The van der Waals surface area contributed by atoms with Crippen molar-refractivity contribution in [1.29, 1.82) is 0 Å². The minimum absolute atomic E-state index is 0.152. The van der Waals surface area contributed by atoms with Crippen LogP contribution in [0.15, 0.2) is 24.3 Å². The Bertz CT molecular complexity index is 342. The molecule has 2 nitrogen and oxygen atoms in total. The van der Waals surface area contributed by atoms with Crippen LogP contribution >= 0.6 is 0 Å². The summed E-state index contributed by atoms with van der Waals surface area (Å²) >= 11 is 0. The molecule has 1 atom stereocenters. The molecule has 0 saturated carbocycles. The summed E-state index contributed by atoms with van der Waals surface area (Å²) < 4.78 is 0. The Morgan fingerprint density at radius 1 is 1.18 bits per heavy atom. The third kappa shape index (κ3) is 5.03. The van der Waals surface area contributed by atoms with Gasteiger partial charge in [0.2, 0.25) is 5.91 Å². The van der Waals surface area contributed by atoms with Crippen molar-refractivity contribution in [3.05, 3.63) is 35.4 Å². The van der Waals surface area contributed by atoms with Crippen molar-refractivity contribution < 1.29 is 4.79 Å². The van der Waals surface area contributed by atoms with E-state index in [1.54, 1.807) is 0 Å². The van der Waals surface area contributed by atoms with Gasteiger partial charge in [-0.05, 0) is 37.3 Å². The predicted octanol–water partition coefficient (Wildman–Crippen LogP) is 3.10. The van der Waals surface area contributed by atoms with Crippen LogP contribution in [0.25, 0.3) is 0 Å². The molecule has 94 valence electrons. The van der Waals surface area contributed by atoms with Crippen molar-refractivity contribution in [2.45, 2.75) is 52.5 Å². The fraction of sp³-hybridized carbons (Fsp3) is 0.533. The molecule has 0 aromatic heterocycles. The molecule has 0 unspecified atom stereocenters. The van der Waals surface area contributed by atoms with Crippen LogP contribution in [0, 0.1) is 0 Å². The summed E-state index contributed by atoms with van der Waals surface area (Å²) in [6.45, 7) is 6.26. The van der Waals surface area contributed by atoms with Gasteiger partial charge >= 0.3 is 0 Å². The molecule has 0 heterocycles. The number of aryl methyl sites for hydroxylation is 2. The van der Waals surface area contributed by atoms with Crippen molar-refractivity contribution >= 4 is 5.91 Å². The first-order chi connectivity index (χ1) is 8.15. The number of carbonyl (C=O) groups is 1. The summed E-state index contributed by atoms with van der Waals surface area (Å²) in [7, 11) is 0. The molecule has 0 radical (unpaired) electrons. The van der Waals surface area contributed by atoms with E-state index < -0.39 is 0 Å². The van der Waals surface area contributed by atoms with Crippen molar-refractivity contribution in [2.24, 2.45) is 0 Å². The van der Waals surface area contributed by atoms with E-state index in [9.17, 15) is 4.79 Å². The summed E-state index contributed by atoms with van der Waals surface area (Å²) in [6.07, 6.45) is 3.45. The Morgan fingerprint density at radius 2 is 1.76 bits per heavy atom. The molecule has 1 aromatic carbocycles. The van der Waals surface area contributed by atoms with Crippen LogP contribution in [0.1, 0.15) is 44.7 Å². The van der Waals surface area contributed by atoms with Gasteiger partial charge in [0.05, 0.1) is 0 Å². The third-order valence-electron chi connectivity index (χ3n) is 3.09. The molecule has 0 fully saturated rings. The maximum Gasteiger partial charge on any atom is 0.220 e. The van der Waals surface area contributed by atoms with E-state index in [0.717, 1.165) is 19.3 Å². The summed E-state index contributed by atoms with van der Waals surface area (Å²) in [4.78, 5) is 11.6. The minimum Gasteiger partial charge on any atom is -0.354 e. The lowest BCUT2D eigenvalue weighted by Gasteiger charge is -2.11. The maximum absolute atomic E-state index is 11.6. The molecule has 0 aliphatic heterocycles. The van der Waals surface area contributed by atoms with Crippen LogP contribution in [-0.4, -0.2) is 11.9 Å². The van der Waals surface area contributed by atoms with E-state index in [1.165, 1.54) is 11.1 Å². The summed E-state index contributed by atoms with van der Waals surface area (Å²) in [5, 5.41) is 2.98. The first kappa shape index (κ1) is 13.8. The lowest BCUT2D eigenvalue weighted by molar-refractivity contribution is -0.121. The molecule has 0 bridgehead atoms. The number of carbonyl (C=O) groups excluding carboxylic acids is 1. The molecule has 0 aliphatic rings. The SMILES string of the molecule is CCc1ccc(CCC(=O)N[C@@H](C)CC)cc1. The molecule has 17 heavy (non-hydrogen) atoms. The summed E-state index contributed by atoms with van der Waals surface area (Å²) in [5.74, 6) is 0.152. The van der Waals surface area contributed by atoms with E-state index in [4.69, 9.17) is 0 Å². The minimum atomic E-state index is 0.152. The lowest BCUT2D eigenvalue weighted by Crippen LogP contribution is -2.31. The normalized spacial score (nSPS) is 12.2. The van der Waals surface area contributed by atoms with Crippen LogP contribution in [0.4, 0.5) is 0 Å².